The van der Waals surface area contributed by atoms with Crippen LogP contribution in [0.3, 0.4) is 0 Å². The standard InChI is InChI=1S/C24H17FN4O/c1-15-12-22-23(28-29(27-22)20-10-8-19(25)9-11-20)14-21(15)26-24(30)18-7-6-16-4-2-3-5-17(16)13-18/h2-14H,1H3,(H,26,30). The van der Waals surface area contributed by atoms with E-state index in [0.717, 1.165) is 16.3 Å². The summed E-state index contributed by atoms with van der Waals surface area (Å²) in [6.45, 7) is 1.91. The highest BCUT2D eigenvalue weighted by Gasteiger charge is 2.12. The van der Waals surface area contributed by atoms with E-state index < -0.39 is 0 Å². The molecule has 0 aliphatic carbocycles. The minimum absolute atomic E-state index is 0.186. The van der Waals surface area contributed by atoms with Gasteiger partial charge in [0.1, 0.15) is 16.9 Å². The second-order valence-electron chi connectivity index (χ2n) is 7.14. The molecule has 0 spiro atoms. The highest BCUT2D eigenvalue weighted by molar-refractivity contribution is 6.07. The summed E-state index contributed by atoms with van der Waals surface area (Å²) in [7, 11) is 0. The molecule has 6 heteroatoms. The highest BCUT2D eigenvalue weighted by Crippen LogP contribution is 2.23. The SMILES string of the molecule is Cc1cc2nn(-c3ccc(F)cc3)nc2cc1NC(=O)c1ccc2ccccc2c1. The molecule has 0 aliphatic rings. The van der Waals surface area contributed by atoms with Gasteiger partial charge in [-0.2, -0.15) is 4.80 Å². The molecule has 0 bridgehead atoms. The lowest BCUT2D eigenvalue weighted by atomic mass is 10.1. The molecule has 1 heterocycles. The Bertz CT molecular complexity index is 1410. The second kappa shape index (κ2) is 7.08. The molecule has 5 aromatic rings. The summed E-state index contributed by atoms with van der Waals surface area (Å²) in [6.07, 6.45) is 0. The zero-order valence-corrected chi connectivity index (χ0v) is 16.1. The highest BCUT2D eigenvalue weighted by atomic mass is 19.1. The number of anilines is 1. The average molecular weight is 396 g/mol. The van der Waals surface area contributed by atoms with Gasteiger partial charge in [-0.15, -0.1) is 10.2 Å². The molecule has 0 saturated carbocycles. The first-order valence-corrected chi connectivity index (χ1v) is 9.51. The molecule has 1 N–H and O–H groups in total. The van der Waals surface area contributed by atoms with Crippen LogP contribution in [0, 0.1) is 12.7 Å². The van der Waals surface area contributed by atoms with Crippen LogP contribution in [0.15, 0.2) is 78.9 Å². The lowest BCUT2D eigenvalue weighted by molar-refractivity contribution is 0.102. The topological polar surface area (TPSA) is 59.8 Å². The van der Waals surface area contributed by atoms with Crippen molar-refractivity contribution in [3.05, 3.63) is 95.8 Å². The maximum atomic E-state index is 13.2. The normalized spacial score (nSPS) is 11.1. The van der Waals surface area contributed by atoms with Crippen molar-refractivity contribution in [2.45, 2.75) is 6.92 Å². The molecule has 0 atom stereocenters. The Morgan fingerprint density at radius 3 is 2.33 bits per heavy atom. The molecule has 1 amide bonds. The van der Waals surface area contributed by atoms with Gasteiger partial charge in [-0.25, -0.2) is 4.39 Å². The number of hydrogen-bond donors (Lipinski definition) is 1. The maximum Gasteiger partial charge on any atom is 0.255 e. The van der Waals surface area contributed by atoms with Gasteiger partial charge >= 0.3 is 0 Å². The predicted molar refractivity (Wildman–Crippen MR) is 115 cm³/mol. The van der Waals surface area contributed by atoms with E-state index in [4.69, 9.17) is 0 Å². The first-order valence-electron chi connectivity index (χ1n) is 9.51. The number of carbonyl (C=O) groups is 1. The van der Waals surface area contributed by atoms with Crippen molar-refractivity contribution in [3.8, 4) is 5.69 Å². The van der Waals surface area contributed by atoms with Crippen LogP contribution < -0.4 is 5.32 Å². The number of nitrogens with zero attached hydrogens (tertiary/aromatic N) is 3. The summed E-state index contributed by atoms with van der Waals surface area (Å²) in [6, 6.07) is 23.2. The fourth-order valence-electron chi connectivity index (χ4n) is 3.42. The molecule has 0 unspecified atom stereocenters. The lowest BCUT2D eigenvalue weighted by Crippen LogP contribution is -2.12. The van der Waals surface area contributed by atoms with Crippen LogP contribution in [0.25, 0.3) is 27.5 Å². The van der Waals surface area contributed by atoms with Crippen LogP contribution in [0.2, 0.25) is 0 Å². The Kier molecular flexibility index (Phi) is 4.25. The van der Waals surface area contributed by atoms with E-state index in [1.807, 2.05) is 55.5 Å². The van der Waals surface area contributed by atoms with Gasteiger partial charge in [0.15, 0.2) is 0 Å². The molecule has 0 saturated heterocycles. The summed E-state index contributed by atoms with van der Waals surface area (Å²) in [5.74, 6) is -0.501. The first kappa shape index (κ1) is 18.0. The minimum Gasteiger partial charge on any atom is -0.322 e. The van der Waals surface area contributed by atoms with Gasteiger partial charge in [0.2, 0.25) is 0 Å². The zero-order chi connectivity index (χ0) is 20.7. The minimum atomic E-state index is -0.315. The second-order valence-corrected chi connectivity index (χ2v) is 7.14. The Balaban J connectivity index is 1.46. The molecule has 5 rings (SSSR count). The van der Waals surface area contributed by atoms with Crippen molar-refractivity contribution in [1.29, 1.82) is 0 Å². The first-order chi connectivity index (χ1) is 14.6. The molecule has 5 nitrogen and oxygen atoms in total. The van der Waals surface area contributed by atoms with Gasteiger partial charge in [0.25, 0.3) is 5.91 Å². The molecular formula is C24H17FN4O. The van der Waals surface area contributed by atoms with E-state index in [2.05, 4.69) is 15.5 Å². The molecule has 0 fully saturated rings. The summed E-state index contributed by atoms with van der Waals surface area (Å²) < 4.78 is 13.2. The van der Waals surface area contributed by atoms with Crippen LogP contribution in [-0.4, -0.2) is 20.9 Å². The van der Waals surface area contributed by atoms with Gasteiger partial charge < -0.3 is 5.32 Å². The van der Waals surface area contributed by atoms with Crippen LogP contribution in [0.5, 0.6) is 0 Å². The third kappa shape index (κ3) is 3.28. The van der Waals surface area contributed by atoms with Crippen LogP contribution in [-0.2, 0) is 0 Å². The smallest absolute Gasteiger partial charge is 0.255 e. The van der Waals surface area contributed by atoms with Crippen molar-refractivity contribution >= 4 is 33.4 Å². The Morgan fingerprint density at radius 1 is 0.867 bits per heavy atom. The summed E-state index contributed by atoms with van der Waals surface area (Å²) in [5.41, 5.74) is 4.13. The number of rotatable bonds is 3. The van der Waals surface area contributed by atoms with Crippen LogP contribution in [0.4, 0.5) is 10.1 Å². The number of amides is 1. The Labute approximate surface area is 171 Å². The van der Waals surface area contributed by atoms with Gasteiger partial charge in [-0.3, -0.25) is 4.79 Å². The molecular weight excluding hydrogens is 379 g/mol. The fourth-order valence-corrected chi connectivity index (χ4v) is 3.42. The van der Waals surface area contributed by atoms with Crippen LogP contribution in [0.1, 0.15) is 15.9 Å². The number of halogens is 1. The number of nitrogens with one attached hydrogen (secondary N) is 1. The summed E-state index contributed by atoms with van der Waals surface area (Å²) >= 11 is 0. The molecule has 146 valence electrons. The lowest BCUT2D eigenvalue weighted by Gasteiger charge is -2.09. The fraction of sp³-hybridized carbons (Fsp3) is 0.0417. The maximum absolute atomic E-state index is 13.2. The third-order valence-corrected chi connectivity index (χ3v) is 5.04. The van der Waals surface area contributed by atoms with E-state index in [9.17, 15) is 9.18 Å². The number of carbonyl (C=O) groups excluding carboxylic acids is 1. The molecule has 0 radical (unpaired) electrons. The summed E-state index contributed by atoms with van der Waals surface area (Å²) in [5, 5.41) is 14.0. The Morgan fingerprint density at radius 2 is 1.57 bits per heavy atom. The monoisotopic (exact) mass is 396 g/mol. The third-order valence-electron chi connectivity index (χ3n) is 5.04. The summed E-state index contributed by atoms with van der Waals surface area (Å²) in [4.78, 5) is 14.3. The quantitative estimate of drug-likeness (QED) is 0.452. The van der Waals surface area contributed by atoms with Crippen molar-refractivity contribution in [2.24, 2.45) is 0 Å². The largest absolute Gasteiger partial charge is 0.322 e. The van der Waals surface area contributed by atoms with Crippen molar-refractivity contribution in [1.82, 2.24) is 15.0 Å². The van der Waals surface area contributed by atoms with Gasteiger partial charge in [0, 0.05) is 11.3 Å². The molecule has 4 aromatic carbocycles. The number of aromatic nitrogens is 3. The predicted octanol–water partition coefficient (Wildman–Crippen LogP) is 5.27. The number of hydrogen-bond acceptors (Lipinski definition) is 3. The Hall–Kier alpha value is -4.06. The van der Waals surface area contributed by atoms with Crippen molar-refractivity contribution < 1.29 is 9.18 Å². The number of fused-ring (bicyclic) bond motifs is 2. The van der Waals surface area contributed by atoms with E-state index in [0.29, 0.717) is 28.0 Å². The molecule has 0 aliphatic heterocycles. The van der Waals surface area contributed by atoms with E-state index in [1.165, 1.54) is 16.9 Å². The molecule has 1 aromatic heterocycles. The van der Waals surface area contributed by atoms with Crippen molar-refractivity contribution in [2.75, 3.05) is 5.32 Å². The van der Waals surface area contributed by atoms with E-state index >= 15 is 0 Å². The number of aryl methyl sites for hydroxylation is 1. The van der Waals surface area contributed by atoms with Crippen molar-refractivity contribution in [3.63, 3.8) is 0 Å². The van der Waals surface area contributed by atoms with E-state index in [1.54, 1.807) is 18.2 Å². The zero-order valence-electron chi connectivity index (χ0n) is 16.1. The van der Waals surface area contributed by atoms with Gasteiger partial charge in [-0.05, 0) is 71.8 Å². The van der Waals surface area contributed by atoms with Crippen LogP contribution >= 0.6 is 0 Å². The number of benzene rings is 4. The molecule has 30 heavy (non-hydrogen) atoms. The van der Waals surface area contributed by atoms with Gasteiger partial charge in [0.05, 0.1) is 5.69 Å². The van der Waals surface area contributed by atoms with E-state index in [-0.39, 0.29) is 11.7 Å². The van der Waals surface area contributed by atoms with Gasteiger partial charge in [-0.1, -0.05) is 30.3 Å². The average Bonchev–Trinajstić information content (AvgIpc) is 3.16.